The van der Waals surface area contributed by atoms with Crippen LogP contribution in [0.15, 0.2) is 103 Å². The summed E-state index contributed by atoms with van der Waals surface area (Å²) in [4.78, 5) is 0. The van der Waals surface area contributed by atoms with Crippen molar-refractivity contribution in [3.63, 3.8) is 0 Å². The fourth-order valence-corrected chi connectivity index (χ4v) is 20.6. The van der Waals surface area contributed by atoms with Gasteiger partial charge in [-0.2, -0.15) is 0 Å². The molecule has 0 radical (unpaired) electrons. The first-order valence-electron chi connectivity index (χ1n) is 15.1. The third-order valence-electron chi connectivity index (χ3n) is 8.71. The second kappa shape index (κ2) is 14.3. The summed E-state index contributed by atoms with van der Waals surface area (Å²) >= 11 is 0. The van der Waals surface area contributed by atoms with Crippen LogP contribution in [0.5, 0.6) is 0 Å². The molecular weight excluding hydrogens is 493 g/mol. The minimum absolute atomic E-state index is 0.170. The normalized spacial score (nSPS) is 16.1. The lowest BCUT2D eigenvalue weighted by Crippen LogP contribution is -2.81. The number of unbranched alkanes of at least 4 members (excludes halogenated alkanes) is 4. The monoisotopic (exact) mass is 540 g/mol. The van der Waals surface area contributed by atoms with Crippen LogP contribution in [0.3, 0.4) is 0 Å². The number of rotatable bonds is 13. The Labute approximate surface area is 234 Å². The van der Waals surface area contributed by atoms with E-state index < -0.39 is 15.4 Å². The van der Waals surface area contributed by atoms with Crippen LogP contribution in [-0.4, -0.2) is 21.5 Å². The van der Waals surface area contributed by atoms with Crippen molar-refractivity contribution in [3.05, 3.63) is 103 Å². The molecule has 0 aliphatic heterocycles. The lowest BCUT2D eigenvalue weighted by Gasteiger charge is -2.47. The van der Waals surface area contributed by atoms with Crippen LogP contribution in [0.4, 0.5) is 0 Å². The molecule has 1 aliphatic carbocycles. The van der Waals surface area contributed by atoms with Crippen molar-refractivity contribution in [1.82, 2.24) is 0 Å². The predicted molar refractivity (Wildman–Crippen MR) is 171 cm³/mol. The Morgan fingerprint density at radius 2 is 1.24 bits per heavy atom. The maximum absolute atomic E-state index is 7.91. The van der Waals surface area contributed by atoms with Crippen LogP contribution in [-0.2, 0) is 4.43 Å². The molecule has 1 fully saturated rings. The largest absolute Gasteiger partial charge is 0.404 e. The van der Waals surface area contributed by atoms with Crippen molar-refractivity contribution in [3.8, 4) is 0 Å². The first-order valence-corrected chi connectivity index (χ1v) is 21.0. The summed E-state index contributed by atoms with van der Waals surface area (Å²) in [6.45, 7) is 7.43. The predicted octanol–water partition coefficient (Wildman–Crippen LogP) is 7.93. The second-order valence-electron chi connectivity index (χ2n) is 11.7. The van der Waals surface area contributed by atoms with E-state index >= 15 is 0 Å². The maximum Gasteiger partial charge on any atom is 0.246 e. The van der Waals surface area contributed by atoms with Crippen LogP contribution in [0.25, 0.3) is 0 Å². The molecule has 1 saturated carbocycles. The molecule has 0 spiro atoms. The van der Waals surface area contributed by atoms with Gasteiger partial charge in [-0.05, 0) is 42.0 Å². The highest BCUT2D eigenvalue weighted by Crippen LogP contribution is 2.33. The fourth-order valence-electron chi connectivity index (χ4n) is 6.45. The second-order valence-corrected chi connectivity index (χ2v) is 24.1. The Hall–Kier alpha value is -2.21. The first kappa shape index (κ1) is 28.8. The zero-order valence-corrected chi connectivity index (χ0v) is 25.9. The molecule has 0 amide bonds. The topological polar surface area (TPSA) is 9.23 Å². The molecule has 3 aromatic rings. The van der Waals surface area contributed by atoms with Gasteiger partial charge in [0.25, 0.3) is 0 Å². The summed E-state index contributed by atoms with van der Waals surface area (Å²) in [6.07, 6.45) is 18.1. The Morgan fingerprint density at radius 1 is 0.711 bits per heavy atom. The van der Waals surface area contributed by atoms with E-state index in [0.717, 1.165) is 6.42 Å². The molecule has 3 aromatic carbocycles. The average Bonchev–Trinajstić information content (AvgIpc) is 2.98. The van der Waals surface area contributed by atoms with Crippen molar-refractivity contribution >= 4 is 31.0 Å². The van der Waals surface area contributed by atoms with Gasteiger partial charge in [-0.15, -0.1) is 0 Å². The number of hydrogen-bond acceptors (Lipinski definition) is 1. The van der Waals surface area contributed by atoms with Crippen LogP contribution >= 0.6 is 0 Å². The van der Waals surface area contributed by atoms with Gasteiger partial charge in [0, 0.05) is 0 Å². The average molecular weight is 541 g/mol. The summed E-state index contributed by atoms with van der Waals surface area (Å²) in [5.74, 6) is 0.607. The van der Waals surface area contributed by atoms with E-state index in [-0.39, 0.29) is 6.10 Å². The van der Waals surface area contributed by atoms with Crippen molar-refractivity contribution in [2.45, 2.75) is 90.3 Å². The summed E-state index contributed by atoms with van der Waals surface area (Å²) in [5, 5.41) is 4.33. The highest BCUT2D eigenvalue weighted by Gasteiger charge is 2.56. The molecule has 0 aromatic heterocycles. The van der Waals surface area contributed by atoms with Gasteiger partial charge >= 0.3 is 0 Å². The molecule has 4 rings (SSSR count). The van der Waals surface area contributed by atoms with E-state index in [2.05, 4.69) is 123 Å². The number of hydrogen-bond donors (Lipinski definition) is 0. The van der Waals surface area contributed by atoms with E-state index in [1.165, 1.54) is 73.3 Å². The van der Waals surface area contributed by atoms with Gasteiger partial charge in [-0.25, -0.2) is 0 Å². The molecule has 0 unspecified atom stereocenters. The highest BCUT2D eigenvalue weighted by atomic mass is 29.3. The van der Waals surface area contributed by atoms with Gasteiger partial charge < -0.3 is 4.43 Å². The molecule has 1 atom stereocenters. The molecule has 0 N–H and O–H groups in total. The van der Waals surface area contributed by atoms with Crippen LogP contribution in [0, 0.1) is 5.92 Å². The SMILES string of the molecule is CCCCCC/C=C/[C@H](O[Si](c1ccccc1)(c1ccccc1)[Si](C)(C)c1ccccc1)C1CCCCC1. The zero-order valence-electron chi connectivity index (χ0n) is 23.9. The highest BCUT2D eigenvalue weighted by molar-refractivity contribution is 7.52. The minimum atomic E-state index is -2.66. The van der Waals surface area contributed by atoms with E-state index in [0.29, 0.717) is 5.92 Å². The third kappa shape index (κ3) is 6.67. The van der Waals surface area contributed by atoms with E-state index in [1.54, 1.807) is 0 Å². The van der Waals surface area contributed by atoms with Gasteiger partial charge in [-0.3, -0.25) is 0 Å². The van der Waals surface area contributed by atoms with Crippen LogP contribution in [0.2, 0.25) is 13.1 Å². The molecule has 1 aliphatic rings. The standard InChI is InChI=1S/C35H48OSi2/c1-4-5-6-7-8-21-30-35(31-22-13-9-14-23-31)36-38(33-26-17-11-18-27-33,34-28-19-12-20-29-34)37(2,3)32-24-15-10-16-25-32/h10-12,15-21,24-31,35H,4-9,13-14,22-23H2,1-3H3/b30-21+/t35-/m0/s1. The van der Waals surface area contributed by atoms with E-state index in [9.17, 15) is 0 Å². The van der Waals surface area contributed by atoms with Crippen molar-refractivity contribution in [2.24, 2.45) is 5.92 Å². The van der Waals surface area contributed by atoms with Crippen molar-refractivity contribution in [2.75, 3.05) is 0 Å². The summed E-state index contributed by atoms with van der Waals surface area (Å²) in [5.41, 5.74) is 0. The van der Waals surface area contributed by atoms with Crippen molar-refractivity contribution < 1.29 is 4.43 Å². The molecule has 38 heavy (non-hydrogen) atoms. The lowest BCUT2D eigenvalue weighted by atomic mass is 9.85. The Kier molecular flexibility index (Phi) is 10.8. The summed E-state index contributed by atoms with van der Waals surface area (Å²) in [7, 11) is -4.81. The Morgan fingerprint density at radius 3 is 1.76 bits per heavy atom. The quantitative estimate of drug-likeness (QED) is 0.121. The molecule has 3 heteroatoms. The third-order valence-corrected chi connectivity index (χ3v) is 23.4. The molecule has 1 nitrogen and oxygen atoms in total. The van der Waals surface area contributed by atoms with E-state index in [4.69, 9.17) is 4.43 Å². The van der Waals surface area contributed by atoms with Gasteiger partial charge in [0.2, 0.25) is 7.83 Å². The maximum atomic E-state index is 7.91. The number of allylic oxidation sites excluding steroid dienone is 1. The van der Waals surface area contributed by atoms with Gasteiger partial charge in [0.15, 0.2) is 0 Å². The fraction of sp³-hybridized carbons (Fsp3) is 0.429. The smallest absolute Gasteiger partial charge is 0.246 e. The minimum Gasteiger partial charge on any atom is -0.404 e. The summed E-state index contributed by atoms with van der Waals surface area (Å²) < 4.78 is 7.91. The molecule has 0 heterocycles. The summed E-state index contributed by atoms with van der Waals surface area (Å²) in [6, 6.07) is 34.0. The molecule has 202 valence electrons. The van der Waals surface area contributed by atoms with Gasteiger partial charge in [0.05, 0.1) is 6.10 Å². The van der Waals surface area contributed by atoms with Crippen LogP contribution in [0.1, 0.15) is 71.1 Å². The van der Waals surface area contributed by atoms with Crippen molar-refractivity contribution in [1.29, 1.82) is 0 Å². The Balaban J connectivity index is 1.83. The first-order chi connectivity index (χ1) is 18.6. The molecular formula is C35H48OSi2. The van der Waals surface area contributed by atoms with Gasteiger partial charge in [0.1, 0.15) is 7.59 Å². The lowest BCUT2D eigenvalue weighted by molar-refractivity contribution is 0.147. The van der Waals surface area contributed by atoms with E-state index in [1.807, 2.05) is 0 Å². The van der Waals surface area contributed by atoms with Crippen LogP contribution < -0.4 is 15.6 Å². The molecule has 0 saturated heterocycles. The number of benzene rings is 3. The molecule has 0 bridgehead atoms. The zero-order chi connectivity index (χ0) is 26.7. The van der Waals surface area contributed by atoms with Gasteiger partial charge in [-0.1, -0.05) is 167 Å². The Bertz CT molecular complexity index is 1050.